The first-order chi connectivity index (χ1) is 9.29. The van der Waals surface area contributed by atoms with E-state index in [1.165, 1.54) is 19.6 Å². The van der Waals surface area contributed by atoms with Gasteiger partial charge in [-0.25, -0.2) is 14.8 Å². The Labute approximate surface area is 110 Å². The molecule has 0 unspecified atom stereocenters. The van der Waals surface area contributed by atoms with Crippen LogP contribution in [-0.4, -0.2) is 28.0 Å². The van der Waals surface area contributed by atoms with Crippen LogP contribution in [0.1, 0.15) is 21.7 Å². The number of methoxy groups -OCH3 is 1. The fourth-order valence-electron chi connectivity index (χ4n) is 1.51. The molecule has 19 heavy (non-hydrogen) atoms. The first kappa shape index (κ1) is 13.1. The van der Waals surface area contributed by atoms with Crippen molar-refractivity contribution >= 4 is 5.97 Å². The van der Waals surface area contributed by atoms with Crippen molar-refractivity contribution in [3.63, 3.8) is 0 Å². The van der Waals surface area contributed by atoms with E-state index in [-0.39, 0.29) is 5.97 Å². The van der Waals surface area contributed by atoms with Gasteiger partial charge in [0.25, 0.3) is 0 Å². The SMILES string of the molecule is COC(=O)c1ccc(CNCc2ccncn2)nc1. The monoisotopic (exact) mass is 258 g/mol. The van der Waals surface area contributed by atoms with Crippen LogP contribution in [0.2, 0.25) is 0 Å². The number of rotatable bonds is 5. The minimum atomic E-state index is -0.381. The summed E-state index contributed by atoms with van der Waals surface area (Å²) < 4.78 is 4.61. The van der Waals surface area contributed by atoms with Gasteiger partial charge in [0, 0.05) is 25.5 Å². The molecule has 2 rings (SSSR count). The fourth-order valence-corrected chi connectivity index (χ4v) is 1.51. The molecule has 0 fully saturated rings. The van der Waals surface area contributed by atoms with E-state index in [1.807, 2.05) is 6.07 Å². The Morgan fingerprint density at radius 3 is 2.58 bits per heavy atom. The molecule has 0 amide bonds. The molecule has 0 aromatic carbocycles. The van der Waals surface area contributed by atoms with Crippen molar-refractivity contribution < 1.29 is 9.53 Å². The molecule has 0 saturated carbocycles. The number of aromatic nitrogens is 3. The molecule has 2 aromatic rings. The average Bonchev–Trinajstić information content (AvgIpc) is 2.48. The Bertz CT molecular complexity index is 528. The second-order valence-corrected chi connectivity index (χ2v) is 3.83. The average molecular weight is 258 g/mol. The second kappa shape index (κ2) is 6.55. The van der Waals surface area contributed by atoms with Gasteiger partial charge in [-0.05, 0) is 18.2 Å². The summed E-state index contributed by atoms with van der Waals surface area (Å²) in [6, 6.07) is 5.33. The number of ether oxygens (including phenoxy) is 1. The van der Waals surface area contributed by atoms with Gasteiger partial charge in [-0.1, -0.05) is 0 Å². The zero-order valence-electron chi connectivity index (χ0n) is 10.5. The van der Waals surface area contributed by atoms with Crippen LogP contribution in [0.4, 0.5) is 0 Å². The molecule has 0 bridgehead atoms. The summed E-state index contributed by atoms with van der Waals surface area (Å²) in [4.78, 5) is 23.4. The smallest absolute Gasteiger partial charge is 0.339 e. The van der Waals surface area contributed by atoms with Crippen LogP contribution in [0.5, 0.6) is 0 Å². The second-order valence-electron chi connectivity index (χ2n) is 3.83. The highest BCUT2D eigenvalue weighted by Crippen LogP contribution is 2.02. The zero-order valence-corrected chi connectivity index (χ0v) is 10.5. The number of nitrogens with zero attached hydrogens (tertiary/aromatic N) is 3. The third-order valence-electron chi connectivity index (χ3n) is 2.50. The van der Waals surface area contributed by atoms with E-state index in [0.29, 0.717) is 18.7 Å². The zero-order chi connectivity index (χ0) is 13.5. The first-order valence-corrected chi connectivity index (χ1v) is 5.78. The van der Waals surface area contributed by atoms with Crippen LogP contribution in [0, 0.1) is 0 Å². The molecule has 0 atom stereocenters. The van der Waals surface area contributed by atoms with Gasteiger partial charge in [-0.15, -0.1) is 0 Å². The standard InChI is InChI=1S/C13H14N4O2/c1-19-13(18)10-2-3-11(16-6-10)7-15-8-12-4-5-14-9-17-12/h2-6,9,15H,7-8H2,1H3. The molecule has 98 valence electrons. The molecule has 0 aliphatic rings. The maximum absolute atomic E-state index is 11.2. The Balaban J connectivity index is 1.85. The maximum atomic E-state index is 11.2. The largest absolute Gasteiger partial charge is 0.465 e. The Hall–Kier alpha value is -2.34. The molecule has 0 aliphatic carbocycles. The lowest BCUT2D eigenvalue weighted by Crippen LogP contribution is -2.15. The summed E-state index contributed by atoms with van der Waals surface area (Å²) in [5, 5.41) is 3.21. The predicted molar refractivity (Wildman–Crippen MR) is 68.2 cm³/mol. The van der Waals surface area contributed by atoms with Crippen LogP contribution in [0.15, 0.2) is 36.9 Å². The Morgan fingerprint density at radius 1 is 1.21 bits per heavy atom. The van der Waals surface area contributed by atoms with Gasteiger partial charge in [-0.3, -0.25) is 4.98 Å². The normalized spacial score (nSPS) is 10.2. The van der Waals surface area contributed by atoms with Gasteiger partial charge in [0.1, 0.15) is 6.33 Å². The number of pyridine rings is 1. The van der Waals surface area contributed by atoms with Gasteiger partial charge in [0.05, 0.1) is 24.1 Å². The summed E-state index contributed by atoms with van der Waals surface area (Å²) in [6.07, 6.45) is 4.72. The van der Waals surface area contributed by atoms with Gasteiger partial charge in [0.2, 0.25) is 0 Å². The van der Waals surface area contributed by atoms with Gasteiger partial charge >= 0.3 is 5.97 Å². The van der Waals surface area contributed by atoms with E-state index >= 15 is 0 Å². The van der Waals surface area contributed by atoms with Crippen molar-refractivity contribution in [3.05, 3.63) is 53.9 Å². The summed E-state index contributed by atoms with van der Waals surface area (Å²) in [6.45, 7) is 1.24. The molecule has 6 nitrogen and oxygen atoms in total. The van der Waals surface area contributed by atoms with E-state index in [9.17, 15) is 4.79 Å². The number of hydrogen-bond donors (Lipinski definition) is 1. The summed E-state index contributed by atoms with van der Waals surface area (Å²) >= 11 is 0. The summed E-state index contributed by atoms with van der Waals surface area (Å²) in [7, 11) is 1.35. The molecular weight excluding hydrogens is 244 g/mol. The lowest BCUT2D eigenvalue weighted by atomic mass is 10.2. The summed E-state index contributed by atoms with van der Waals surface area (Å²) in [5.41, 5.74) is 2.21. The summed E-state index contributed by atoms with van der Waals surface area (Å²) in [5.74, 6) is -0.381. The number of nitrogens with one attached hydrogen (secondary N) is 1. The van der Waals surface area contributed by atoms with E-state index in [0.717, 1.165) is 11.4 Å². The van der Waals surface area contributed by atoms with Crippen molar-refractivity contribution in [1.29, 1.82) is 0 Å². The number of carbonyl (C=O) groups excluding carboxylic acids is 1. The van der Waals surface area contributed by atoms with Crippen molar-refractivity contribution in [3.8, 4) is 0 Å². The van der Waals surface area contributed by atoms with E-state index in [4.69, 9.17) is 0 Å². The minimum Gasteiger partial charge on any atom is -0.465 e. The number of esters is 1. The van der Waals surface area contributed by atoms with Crippen LogP contribution in [0.3, 0.4) is 0 Å². The van der Waals surface area contributed by atoms with Crippen LogP contribution in [-0.2, 0) is 17.8 Å². The van der Waals surface area contributed by atoms with E-state index in [1.54, 1.807) is 18.3 Å². The highest BCUT2D eigenvalue weighted by atomic mass is 16.5. The molecular formula is C13H14N4O2. The highest BCUT2D eigenvalue weighted by Gasteiger charge is 2.05. The van der Waals surface area contributed by atoms with Crippen LogP contribution < -0.4 is 5.32 Å². The fraction of sp³-hybridized carbons (Fsp3) is 0.231. The third kappa shape index (κ3) is 3.82. The lowest BCUT2D eigenvalue weighted by molar-refractivity contribution is 0.0600. The molecule has 0 radical (unpaired) electrons. The Kier molecular flexibility index (Phi) is 4.52. The van der Waals surface area contributed by atoms with Gasteiger partial charge in [-0.2, -0.15) is 0 Å². The molecule has 2 aromatic heterocycles. The van der Waals surface area contributed by atoms with Gasteiger partial charge in [0.15, 0.2) is 0 Å². The molecule has 0 spiro atoms. The lowest BCUT2D eigenvalue weighted by Gasteiger charge is -2.04. The molecule has 1 N–H and O–H groups in total. The van der Waals surface area contributed by atoms with Gasteiger partial charge < -0.3 is 10.1 Å². The quantitative estimate of drug-likeness (QED) is 0.804. The van der Waals surface area contributed by atoms with Crippen molar-refractivity contribution in [2.75, 3.05) is 7.11 Å². The topological polar surface area (TPSA) is 77.0 Å². The molecule has 0 saturated heterocycles. The highest BCUT2D eigenvalue weighted by molar-refractivity contribution is 5.88. The van der Waals surface area contributed by atoms with Crippen molar-refractivity contribution in [2.24, 2.45) is 0 Å². The minimum absolute atomic E-state index is 0.381. The van der Waals surface area contributed by atoms with Crippen molar-refractivity contribution in [2.45, 2.75) is 13.1 Å². The van der Waals surface area contributed by atoms with Crippen LogP contribution in [0.25, 0.3) is 0 Å². The first-order valence-electron chi connectivity index (χ1n) is 5.78. The number of carbonyl (C=O) groups is 1. The predicted octanol–water partition coefficient (Wildman–Crippen LogP) is 0.948. The molecule has 2 heterocycles. The van der Waals surface area contributed by atoms with Crippen LogP contribution >= 0.6 is 0 Å². The van der Waals surface area contributed by atoms with Crippen molar-refractivity contribution in [1.82, 2.24) is 20.3 Å². The molecule has 6 heteroatoms. The molecule has 0 aliphatic heterocycles. The Morgan fingerprint density at radius 2 is 2.00 bits per heavy atom. The third-order valence-corrected chi connectivity index (χ3v) is 2.50. The van der Waals surface area contributed by atoms with E-state index in [2.05, 4.69) is 25.0 Å². The maximum Gasteiger partial charge on any atom is 0.339 e. The van der Waals surface area contributed by atoms with E-state index < -0.39 is 0 Å². The number of hydrogen-bond acceptors (Lipinski definition) is 6.